The van der Waals surface area contributed by atoms with Crippen LogP contribution >= 0.6 is 0 Å². The number of aromatic nitrogens is 4. The lowest BCUT2D eigenvalue weighted by molar-refractivity contribution is -0.133. The van der Waals surface area contributed by atoms with E-state index in [1.54, 1.807) is 30.9 Å². The van der Waals surface area contributed by atoms with Gasteiger partial charge in [0, 0.05) is 26.0 Å². The lowest BCUT2D eigenvalue weighted by atomic mass is 10.1. The minimum atomic E-state index is -4.31. The number of imidazole rings is 1. The van der Waals surface area contributed by atoms with E-state index in [2.05, 4.69) is 15.0 Å². The average molecular weight is 354 g/mol. The molecule has 0 aromatic carbocycles. The molecule has 2 aromatic heterocycles. The number of hydrogen-bond donors (Lipinski definition) is 0. The highest BCUT2D eigenvalue weighted by molar-refractivity contribution is 6.04. The van der Waals surface area contributed by atoms with Crippen LogP contribution < -0.4 is 9.80 Å². The van der Waals surface area contributed by atoms with Crippen LogP contribution in [0.2, 0.25) is 0 Å². The first-order valence-corrected chi connectivity index (χ1v) is 7.78. The Morgan fingerprint density at radius 3 is 2.68 bits per heavy atom. The van der Waals surface area contributed by atoms with Crippen molar-refractivity contribution in [1.29, 1.82) is 0 Å². The number of amides is 1. The molecule has 1 aliphatic heterocycles. The van der Waals surface area contributed by atoms with Crippen molar-refractivity contribution in [3.8, 4) is 5.95 Å². The van der Waals surface area contributed by atoms with Gasteiger partial charge in [0.25, 0.3) is 0 Å². The van der Waals surface area contributed by atoms with Crippen molar-refractivity contribution < 1.29 is 18.0 Å². The van der Waals surface area contributed by atoms with E-state index in [-0.39, 0.29) is 18.4 Å². The first kappa shape index (κ1) is 17.2. The van der Waals surface area contributed by atoms with E-state index in [9.17, 15) is 18.0 Å². The molecule has 10 heteroatoms. The molecule has 1 atom stereocenters. The maximum Gasteiger partial charge on any atom is 0.390 e. The molecular formula is C15H17F3N6O. The Kier molecular flexibility index (Phi) is 4.36. The lowest BCUT2D eigenvalue weighted by Crippen LogP contribution is -2.53. The molecular weight excluding hydrogens is 337 g/mol. The molecule has 0 bridgehead atoms. The molecule has 25 heavy (non-hydrogen) atoms. The molecule has 7 nitrogen and oxygen atoms in total. The summed E-state index contributed by atoms with van der Waals surface area (Å²) < 4.78 is 39.7. The van der Waals surface area contributed by atoms with E-state index in [1.807, 2.05) is 0 Å². The molecule has 0 radical (unpaired) electrons. The third-order valence-electron chi connectivity index (χ3n) is 4.12. The predicted octanol–water partition coefficient (Wildman–Crippen LogP) is 2.18. The molecule has 1 amide bonds. The first-order chi connectivity index (χ1) is 11.8. The van der Waals surface area contributed by atoms with Crippen LogP contribution in [0.5, 0.6) is 0 Å². The summed E-state index contributed by atoms with van der Waals surface area (Å²) in [5, 5.41) is 0. The fraction of sp³-hybridized carbons (Fsp3) is 0.467. The van der Waals surface area contributed by atoms with Gasteiger partial charge in [-0.05, 0) is 6.42 Å². The third kappa shape index (κ3) is 3.28. The molecule has 1 aliphatic rings. The van der Waals surface area contributed by atoms with Crippen molar-refractivity contribution in [2.24, 2.45) is 0 Å². The molecule has 3 heterocycles. The highest BCUT2D eigenvalue weighted by Gasteiger charge is 2.39. The topological polar surface area (TPSA) is 67.2 Å². The summed E-state index contributed by atoms with van der Waals surface area (Å²) in [5.74, 6) is 0.332. The Morgan fingerprint density at radius 2 is 2.08 bits per heavy atom. The molecule has 2 aromatic rings. The highest BCUT2D eigenvalue weighted by atomic mass is 19.4. The zero-order chi connectivity index (χ0) is 18.2. The van der Waals surface area contributed by atoms with Gasteiger partial charge in [0.1, 0.15) is 18.1 Å². The first-order valence-electron chi connectivity index (χ1n) is 7.78. The van der Waals surface area contributed by atoms with Gasteiger partial charge in [-0.3, -0.25) is 9.36 Å². The number of alkyl halides is 3. The molecule has 0 N–H and O–H groups in total. The highest BCUT2D eigenvalue weighted by Crippen LogP contribution is 2.35. The Morgan fingerprint density at radius 1 is 1.32 bits per heavy atom. The van der Waals surface area contributed by atoms with Crippen molar-refractivity contribution >= 4 is 17.4 Å². The van der Waals surface area contributed by atoms with Crippen molar-refractivity contribution in [1.82, 2.24) is 19.5 Å². The molecule has 0 saturated carbocycles. The number of anilines is 2. The van der Waals surface area contributed by atoms with Gasteiger partial charge in [0.05, 0.1) is 12.6 Å². The van der Waals surface area contributed by atoms with Crippen LogP contribution in [0, 0.1) is 0 Å². The molecule has 0 spiro atoms. The van der Waals surface area contributed by atoms with Crippen LogP contribution in [0.3, 0.4) is 0 Å². The van der Waals surface area contributed by atoms with E-state index < -0.39 is 18.6 Å². The molecule has 134 valence electrons. The van der Waals surface area contributed by atoms with Gasteiger partial charge < -0.3 is 9.80 Å². The largest absolute Gasteiger partial charge is 0.390 e. The normalized spacial score (nSPS) is 17.8. The van der Waals surface area contributed by atoms with Crippen molar-refractivity contribution in [2.75, 3.05) is 23.4 Å². The second-order valence-electron chi connectivity index (χ2n) is 5.73. The maximum absolute atomic E-state index is 12.7. The second kappa shape index (κ2) is 6.34. The zero-order valence-corrected chi connectivity index (χ0v) is 13.7. The Bertz CT molecular complexity index is 761. The van der Waals surface area contributed by atoms with Crippen molar-refractivity contribution in [3.05, 3.63) is 24.9 Å². The lowest BCUT2D eigenvalue weighted by Gasteiger charge is -2.40. The van der Waals surface area contributed by atoms with Gasteiger partial charge in [-0.1, -0.05) is 6.92 Å². The minimum absolute atomic E-state index is 0.267. The predicted molar refractivity (Wildman–Crippen MR) is 84.7 cm³/mol. The monoisotopic (exact) mass is 354 g/mol. The third-order valence-corrected chi connectivity index (χ3v) is 4.12. The fourth-order valence-electron chi connectivity index (χ4n) is 2.83. The molecule has 3 rings (SSSR count). The van der Waals surface area contributed by atoms with Crippen LogP contribution in [-0.2, 0) is 4.79 Å². The Balaban J connectivity index is 2.05. The van der Waals surface area contributed by atoms with E-state index in [0.717, 1.165) is 0 Å². The summed E-state index contributed by atoms with van der Waals surface area (Å²) in [7, 11) is 1.57. The molecule has 0 saturated heterocycles. The van der Waals surface area contributed by atoms with E-state index >= 15 is 0 Å². The fourth-order valence-corrected chi connectivity index (χ4v) is 2.83. The number of nitrogens with zero attached hydrogens (tertiary/aromatic N) is 6. The van der Waals surface area contributed by atoms with Gasteiger partial charge in [0.15, 0.2) is 5.82 Å². The van der Waals surface area contributed by atoms with Gasteiger partial charge in [0.2, 0.25) is 11.9 Å². The Labute approximate surface area is 142 Å². The number of likely N-dealkylation sites (N-methyl/N-ethyl adjacent to an activating group) is 1. The SMILES string of the molecule is CC[C@H]1C(=O)N(C)c2cnc(-n3ccnc3)nc2N1CCC(F)(F)F. The molecule has 0 aliphatic carbocycles. The summed E-state index contributed by atoms with van der Waals surface area (Å²) >= 11 is 0. The quantitative estimate of drug-likeness (QED) is 0.842. The summed E-state index contributed by atoms with van der Waals surface area (Å²) in [6.07, 6.45) is 1.17. The number of halogens is 3. The smallest absolute Gasteiger partial charge is 0.342 e. The summed E-state index contributed by atoms with van der Waals surface area (Å²) in [6.45, 7) is 1.43. The van der Waals surface area contributed by atoms with E-state index in [0.29, 0.717) is 17.9 Å². The van der Waals surface area contributed by atoms with Crippen LogP contribution in [-0.4, -0.2) is 51.2 Å². The van der Waals surface area contributed by atoms with Gasteiger partial charge in [-0.2, -0.15) is 18.2 Å². The van der Waals surface area contributed by atoms with Crippen LogP contribution in [0.25, 0.3) is 5.95 Å². The average Bonchev–Trinajstić information content (AvgIpc) is 3.10. The summed E-state index contributed by atoms with van der Waals surface area (Å²) in [6, 6.07) is -0.689. The zero-order valence-electron chi connectivity index (χ0n) is 13.7. The van der Waals surface area contributed by atoms with Crippen molar-refractivity contribution in [2.45, 2.75) is 32.0 Å². The van der Waals surface area contributed by atoms with Crippen molar-refractivity contribution in [3.63, 3.8) is 0 Å². The van der Waals surface area contributed by atoms with Gasteiger partial charge in [-0.25, -0.2) is 9.97 Å². The number of hydrogen-bond acceptors (Lipinski definition) is 5. The number of fused-ring (bicyclic) bond motifs is 1. The number of rotatable bonds is 4. The van der Waals surface area contributed by atoms with E-state index in [4.69, 9.17) is 0 Å². The Hall–Kier alpha value is -2.65. The van der Waals surface area contributed by atoms with Gasteiger partial charge >= 0.3 is 6.18 Å². The summed E-state index contributed by atoms with van der Waals surface area (Å²) in [5.41, 5.74) is 0.390. The summed E-state index contributed by atoms with van der Waals surface area (Å²) in [4.78, 5) is 27.8. The molecule has 0 fully saturated rings. The van der Waals surface area contributed by atoms with E-state index in [1.165, 1.54) is 22.3 Å². The molecule has 0 unspecified atom stereocenters. The van der Waals surface area contributed by atoms with Crippen LogP contribution in [0.1, 0.15) is 19.8 Å². The second-order valence-corrected chi connectivity index (χ2v) is 5.73. The van der Waals surface area contributed by atoms with Crippen LogP contribution in [0.15, 0.2) is 24.9 Å². The minimum Gasteiger partial charge on any atom is -0.342 e. The van der Waals surface area contributed by atoms with Crippen LogP contribution in [0.4, 0.5) is 24.7 Å². The maximum atomic E-state index is 12.7. The number of carbonyl (C=O) groups is 1. The number of carbonyl (C=O) groups excluding carboxylic acids is 1. The standard InChI is InChI=1S/C15H17F3N6O/c1-3-10-13(25)22(2)11-8-20-14(23-7-5-19-9-23)21-12(11)24(10)6-4-15(16,17)18/h5,7-10H,3-4,6H2,1-2H3/t10-/m0/s1. The van der Waals surface area contributed by atoms with Gasteiger partial charge in [-0.15, -0.1) is 0 Å².